The van der Waals surface area contributed by atoms with Crippen molar-refractivity contribution in [2.24, 2.45) is 7.05 Å². The third kappa shape index (κ3) is 5.57. The molecule has 148 valence electrons. The van der Waals surface area contributed by atoms with Crippen LogP contribution in [0.15, 0.2) is 41.6 Å². The normalized spacial score (nSPS) is 11.0. The third-order valence-corrected chi connectivity index (χ3v) is 5.46. The van der Waals surface area contributed by atoms with Crippen LogP contribution in [0.2, 0.25) is 10.0 Å². The molecular weight excluding hydrogens is 424 g/mol. The average molecular weight is 442 g/mol. The van der Waals surface area contributed by atoms with Crippen molar-refractivity contribution in [2.45, 2.75) is 18.3 Å². The van der Waals surface area contributed by atoms with E-state index in [0.29, 0.717) is 27.9 Å². The first kappa shape index (κ1) is 20.9. The molecule has 1 aromatic heterocycles. The number of halogens is 3. The highest BCUT2D eigenvalue weighted by Crippen LogP contribution is 2.26. The van der Waals surface area contributed by atoms with Gasteiger partial charge < -0.3 is 10.1 Å². The van der Waals surface area contributed by atoms with Crippen molar-refractivity contribution in [1.29, 1.82) is 0 Å². The summed E-state index contributed by atoms with van der Waals surface area (Å²) in [7, 11) is 1.80. The van der Waals surface area contributed by atoms with Crippen LogP contribution < -0.4 is 10.1 Å². The zero-order chi connectivity index (χ0) is 19.9. The number of tetrazole rings is 1. The first-order valence-corrected chi connectivity index (χ1v) is 10.2. The summed E-state index contributed by atoms with van der Waals surface area (Å²) in [5.74, 6) is 1.04. The predicted octanol–water partition coefficient (Wildman–Crippen LogP) is 4.12. The van der Waals surface area contributed by atoms with Crippen LogP contribution in [-0.4, -0.2) is 32.5 Å². The fourth-order valence-electron chi connectivity index (χ4n) is 2.43. The van der Waals surface area contributed by atoms with E-state index >= 15 is 0 Å². The van der Waals surface area contributed by atoms with Crippen LogP contribution in [0.25, 0.3) is 0 Å². The quantitative estimate of drug-likeness (QED) is 0.398. The van der Waals surface area contributed by atoms with Gasteiger partial charge in [0.25, 0.3) is 0 Å². The minimum atomic E-state index is -0.392. The molecule has 0 aliphatic carbocycles. The monoisotopic (exact) mass is 441 g/mol. The van der Waals surface area contributed by atoms with Crippen molar-refractivity contribution in [3.8, 4) is 5.75 Å². The SMILES string of the molecule is Cn1nnnc1SCCNCc1cc(Cl)ccc1OCc1c(F)cccc1Cl. The molecule has 1 N–H and O–H groups in total. The lowest BCUT2D eigenvalue weighted by atomic mass is 10.2. The Balaban J connectivity index is 1.55. The largest absolute Gasteiger partial charge is 0.488 e. The minimum absolute atomic E-state index is 0.0369. The second kappa shape index (κ2) is 10.1. The van der Waals surface area contributed by atoms with Gasteiger partial charge in [0.2, 0.25) is 5.16 Å². The molecule has 0 saturated heterocycles. The number of benzene rings is 2. The Morgan fingerprint density at radius 1 is 1.25 bits per heavy atom. The Hall–Kier alpha value is -1.87. The summed E-state index contributed by atoms with van der Waals surface area (Å²) in [5, 5.41) is 16.3. The molecule has 0 atom stereocenters. The molecule has 6 nitrogen and oxygen atoms in total. The molecule has 28 heavy (non-hydrogen) atoms. The van der Waals surface area contributed by atoms with Crippen molar-refractivity contribution in [1.82, 2.24) is 25.5 Å². The maximum atomic E-state index is 13.9. The zero-order valence-electron chi connectivity index (χ0n) is 15.0. The number of nitrogens with zero attached hydrogens (tertiary/aromatic N) is 4. The highest BCUT2D eigenvalue weighted by molar-refractivity contribution is 7.99. The van der Waals surface area contributed by atoms with E-state index in [1.807, 2.05) is 6.07 Å². The molecule has 0 saturated carbocycles. The van der Waals surface area contributed by atoms with Crippen molar-refractivity contribution in [3.05, 3.63) is 63.4 Å². The van der Waals surface area contributed by atoms with E-state index in [1.54, 1.807) is 47.8 Å². The molecule has 0 radical (unpaired) electrons. The second-order valence-corrected chi connectivity index (χ2v) is 7.76. The molecule has 0 fully saturated rings. The van der Waals surface area contributed by atoms with Gasteiger partial charge in [-0.05, 0) is 40.8 Å². The van der Waals surface area contributed by atoms with Crippen LogP contribution in [0, 0.1) is 5.82 Å². The third-order valence-electron chi connectivity index (χ3n) is 3.86. The Kier molecular flexibility index (Phi) is 7.50. The van der Waals surface area contributed by atoms with Gasteiger partial charge >= 0.3 is 0 Å². The molecule has 0 aliphatic rings. The van der Waals surface area contributed by atoms with Crippen LogP contribution in [0.1, 0.15) is 11.1 Å². The van der Waals surface area contributed by atoms with Gasteiger partial charge in [0, 0.05) is 42.0 Å². The summed E-state index contributed by atoms with van der Waals surface area (Å²) in [6.45, 7) is 1.33. The number of aromatic nitrogens is 4. The molecule has 10 heteroatoms. The number of hydrogen-bond acceptors (Lipinski definition) is 6. The van der Waals surface area contributed by atoms with E-state index in [9.17, 15) is 4.39 Å². The molecule has 0 bridgehead atoms. The molecule has 3 rings (SSSR count). The number of thioether (sulfide) groups is 1. The molecule has 3 aromatic rings. The van der Waals surface area contributed by atoms with Crippen LogP contribution in [0.3, 0.4) is 0 Å². The average Bonchev–Trinajstić information content (AvgIpc) is 3.07. The van der Waals surface area contributed by atoms with Crippen molar-refractivity contribution in [3.63, 3.8) is 0 Å². The number of ether oxygens (including phenoxy) is 1. The predicted molar refractivity (Wildman–Crippen MR) is 108 cm³/mol. The van der Waals surface area contributed by atoms with E-state index < -0.39 is 5.82 Å². The summed E-state index contributed by atoms with van der Waals surface area (Å²) in [4.78, 5) is 0. The van der Waals surface area contributed by atoms with E-state index in [4.69, 9.17) is 27.9 Å². The summed E-state index contributed by atoms with van der Waals surface area (Å²) in [6, 6.07) is 9.89. The van der Waals surface area contributed by atoms with Crippen molar-refractivity contribution in [2.75, 3.05) is 12.3 Å². The van der Waals surface area contributed by atoms with Crippen molar-refractivity contribution >= 4 is 35.0 Å². The van der Waals surface area contributed by atoms with Gasteiger partial charge in [0.05, 0.1) is 5.02 Å². The van der Waals surface area contributed by atoms with E-state index in [1.165, 1.54) is 6.07 Å². The number of hydrogen-bond donors (Lipinski definition) is 1. The molecule has 0 aliphatic heterocycles. The summed E-state index contributed by atoms with van der Waals surface area (Å²) < 4.78 is 21.4. The van der Waals surface area contributed by atoms with Gasteiger partial charge in [0.1, 0.15) is 18.2 Å². The highest BCUT2D eigenvalue weighted by atomic mass is 35.5. The first-order valence-electron chi connectivity index (χ1n) is 8.44. The highest BCUT2D eigenvalue weighted by Gasteiger charge is 2.10. The first-order chi connectivity index (χ1) is 13.5. The Labute approximate surface area is 176 Å². The molecule has 0 unspecified atom stereocenters. The molecule has 2 aromatic carbocycles. The lowest BCUT2D eigenvalue weighted by Gasteiger charge is -2.14. The van der Waals surface area contributed by atoms with Gasteiger partial charge in [-0.25, -0.2) is 9.07 Å². The van der Waals surface area contributed by atoms with Gasteiger partial charge in [-0.15, -0.1) is 5.10 Å². The van der Waals surface area contributed by atoms with Crippen LogP contribution in [0.5, 0.6) is 5.75 Å². The fourth-order valence-corrected chi connectivity index (χ4v) is 3.59. The minimum Gasteiger partial charge on any atom is -0.488 e. The molecular formula is C18H18Cl2FN5OS. The zero-order valence-corrected chi connectivity index (χ0v) is 17.4. The van der Waals surface area contributed by atoms with E-state index in [2.05, 4.69) is 20.8 Å². The number of aryl methyl sites for hydroxylation is 1. The number of nitrogens with one attached hydrogen (secondary N) is 1. The Morgan fingerprint density at radius 3 is 2.86 bits per heavy atom. The lowest BCUT2D eigenvalue weighted by Crippen LogP contribution is -2.17. The maximum absolute atomic E-state index is 13.9. The summed E-state index contributed by atoms with van der Waals surface area (Å²) in [6.07, 6.45) is 0. The Bertz CT molecular complexity index is 920. The molecule has 0 spiro atoms. The smallest absolute Gasteiger partial charge is 0.209 e. The van der Waals surface area contributed by atoms with E-state index in [0.717, 1.165) is 23.0 Å². The van der Waals surface area contributed by atoms with Crippen molar-refractivity contribution < 1.29 is 9.13 Å². The van der Waals surface area contributed by atoms with Gasteiger partial charge in [-0.3, -0.25) is 0 Å². The van der Waals surface area contributed by atoms with Crippen LogP contribution in [0.4, 0.5) is 4.39 Å². The second-order valence-electron chi connectivity index (χ2n) is 5.85. The van der Waals surface area contributed by atoms with Gasteiger partial charge in [0.15, 0.2) is 0 Å². The van der Waals surface area contributed by atoms with Gasteiger partial charge in [-0.2, -0.15) is 0 Å². The van der Waals surface area contributed by atoms with Crippen LogP contribution in [-0.2, 0) is 20.2 Å². The summed E-state index contributed by atoms with van der Waals surface area (Å²) in [5.41, 5.74) is 1.21. The topological polar surface area (TPSA) is 64.9 Å². The lowest BCUT2D eigenvalue weighted by molar-refractivity contribution is 0.296. The van der Waals surface area contributed by atoms with Crippen LogP contribution >= 0.6 is 35.0 Å². The van der Waals surface area contributed by atoms with E-state index in [-0.39, 0.29) is 6.61 Å². The fraction of sp³-hybridized carbons (Fsp3) is 0.278. The maximum Gasteiger partial charge on any atom is 0.209 e. The number of rotatable bonds is 9. The molecule has 0 amide bonds. The standard InChI is InChI=1S/C18H18Cl2FN5OS/c1-26-18(23-24-25-26)28-8-7-22-10-12-9-13(19)5-6-17(12)27-11-14-15(20)3-2-4-16(14)21/h2-6,9,22H,7-8,10-11H2,1H3. The van der Waals surface area contributed by atoms with Gasteiger partial charge in [-0.1, -0.05) is 41.0 Å². The summed E-state index contributed by atoms with van der Waals surface area (Å²) >= 11 is 13.7. The molecule has 1 heterocycles. The Morgan fingerprint density at radius 2 is 2.11 bits per heavy atom.